The van der Waals surface area contributed by atoms with Crippen LogP contribution in [0.5, 0.6) is 0 Å². The summed E-state index contributed by atoms with van der Waals surface area (Å²) in [6.45, 7) is 4.04. The molecular formula is C10H19NO2. The molecule has 1 N–H and O–H groups in total. The lowest BCUT2D eigenvalue weighted by atomic mass is 10.0. The van der Waals surface area contributed by atoms with E-state index in [-0.39, 0.29) is 12.5 Å². The predicted molar refractivity (Wildman–Crippen MR) is 51.3 cm³/mol. The number of amides is 1. The van der Waals surface area contributed by atoms with Gasteiger partial charge in [-0.25, -0.2) is 0 Å². The Morgan fingerprint density at radius 3 is 2.92 bits per heavy atom. The van der Waals surface area contributed by atoms with Crippen LogP contribution in [0.2, 0.25) is 0 Å². The Labute approximate surface area is 79.7 Å². The fourth-order valence-electron chi connectivity index (χ4n) is 1.74. The number of nitrogens with zero attached hydrogens (tertiary/aromatic N) is 1. The summed E-state index contributed by atoms with van der Waals surface area (Å²) in [5.41, 5.74) is 0. The molecule has 0 aromatic rings. The van der Waals surface area contributed by atoms with Crippen molar-refractivity contribution in [1.29, 1.82) is 0 Å². The van der Waals surface area contributed by atoms with Gasteiger partial charge in [-0.1, -0.05) is 6.92 Å². The van der Waals surface area contributed by atoms with Crippen LogP contribution in [0.15, 0.2) is 0 Å². The van der Waals surface area contributed by atoms with Gasteiger partial charge in [0.1, 0.15) is 0 Å². The van der Waals surface area contributed by atoms with Crippen molar-refractivity contribution in [3.05, 3.63) is 0 Å². The molecule has 1 aliphatic rings. The molecule has 1 saturated heterocycles. The molecule has 1 rings (SSSR count). The molecule has 0 aromatic heterocycles. The zero-order valence-corrected chi connectivity index (χ0v) is 8.33. The molecule has 1 aliphatic heterocycles. The first-order valence-electron chi connectivity index (χ1n) is 5.12. The highest BCUT2D eigenvalue weighted by atomic mass is 16.3. The predicted octanol–water partition coefficient (Wildman–Crippen LogP) is 1.02. The molecule has 1 amide bonds. The van der Waals surface area contributed by atoms with Gasteiger partial charge in [0.25, 0.3) is 0 Å². The smallest absolute Gasteiger partial charge is 0.222 e. The summed E-state index contributed by atoms with van der Waals surface area (Å²) >= 11 is 0. The molecule has 3 nitrogen and oxygen atoms in total. The van der Waals surface area contributed by atoms with Crippen LogP contribution in [0, 0.1) is 5.92 Å². The maximum absolute atomic E-state index is 11.4. The van der Waals surface area contributed by atoms with Crippen LogP contribution in [-0.2, 0) is 4.79 Å². The molecule has 0 saturated carbocycles. The Morgan fingerprint density at radius 2 is 2.31 bits per heavy atom. The third-order valence-electron chi connectivity index (χ3n) is 2.58. The van der Waals surface area contributed by atoms with Crippen molar-refractivity contribution in [1.82, 2.24) is 4.90 Å². The van der Waals surface area contributed by atoms with E-state index in [2.05, 4.69) is 6.92 Å². The van der Waals surface area contributed by atoms with E-state index in [0.29, 0.717) is 12.3 Å². The van der Waals surface area contributed by atoms with Gasteiger partial charge in [0.2, 0.25) is 5.91 Å². The van der Waals surface area contributed by atoms with E-state index in [9.17, 15) is 4.79 Å². The number of carbonyl (C=O) groups is 1. The van der Waals surface area contributed by atoms with Gasteiger partial charge in [0, 0.05) is 26.1 Å². The maximum Gasteiger partial charge on any atom is 0.222 e. The lowest BCUT2D eigenvalue weighted by molar-refractivity contribution is -0.133. The molecule has 1 fully saturated rings. The lowest BCUT2D eigenvalue weighted by Gasteiger charge is -2.29. The molecule has 76 valence electrons. The summed E-state index contributed by atoms with van der Waals surface area (Å²) in [6, 6.07) is 0. The second kappa shape index (κ2) is 5.22. The molecular weight excluding hydrogens is 166 g/mol. The summed E-state index contributed by atoms with van der Waals surface area (Å²) in [7, 11) is 0. The van der Waals surface area contributed by atoms with Crippen LogP contribution in [0.3, 0.4) is 0 Å². The highest BCUT2D eigenvalue weighted by Crippen LogP contribution is 2.13. The maximum atomic E-state index is 11.4. The van der Waals surface area contributed by atoms with Crippen molar-refractivity contribution in [3.8, 4) is 0 Å². The van der Waals surface area contributed by atoms with Gasteiger partial charge in [-0.3, -0.25) is 4.79 Å². The Balaban J connectivity index is 2.29. The van der Waals surface area contributed by atoms with Crippen LogP contribution < -0.4 is 0 Å². The number of aliphatic hydroxyl groups excluding tert-OH is 1. The highest BCUT2D eigenvalue weighted by molar-refractivity contribution is 5.76. The number of piperidine rings is 1. The first kappa shape index (κ1) is 10.5. The molecule has 3 heteroatoms. The molecule has 1 heterocycles. The second-order valence-electron chi connectivity index (χ2n) is 3.91. The van der Waals surface area contributed by atoms with E-state index in [1.165, 1.54) is 0 Å². The van der Waals surface area contributed by atoms with Crippen LogP contribution in [0.1, 0.15) is 32.6 Å². The summed E-state index contributed by atoms with van der Waals surface area (Å²) in [4.78, 5) is 13.3. The van der Waals surface area contributed by atoms with Gasteiger partial charge in [-0.2, -0.15) is 0 Å². The van der Waals surface area contributed by atoms with E-state index in [4.69, 9.17) is 5.11 Å². The zero-order valence-electron chi connectivity index (χ0n) is 8.33. The minimum absolute atomic E-state index is 0.225. The SMILES string of the molecule is CC(CCO)CN1CCCCC1=O. The molecule has 0 bridgehead atoms. The third kappa shape index (κ3) is 3.35. The minimum atomic E-state index is 0.225. The minimum Gasteiger partial charge on any atom is -0.396 e. The van der Waals surface area contributed by atoms with E-state index >= 15 is 0 Å². The van der Waals surface area contributed by atoms with Gasteiger partial charge in [0.05, 0.1) is 0 Å². The van der Waals surface area contributed by atoms with Crippen LogP contribution in [0.25, 0.3) is 0 Å². The molecule has 0 spiro atoms. The molecule has 0 aromatic carbocycles. The Hall–Kier alpha value is -0.570. The molecule has 13 heavy (non-hydrogen) atoms. The van der Waals surface area contributed by atoms with Crippen molar-refractivity contribution in [3.63, 3.8) is 0 Å². The largest absolute Gasteiger partial charge is 0.396 e. The van der Waals surface area contributed by atoms with Crippen molar-refractivity contribution in [2.45, 2.75) is 32.6 Å². The van der Waals surface area contributed by atoms with E-state index in [0.717, 1.165) is 32.4 Å². The fourth-order valence-corrected chi connectivity index (χ4v) is 1.74. The Bertz CT molecular complexity index is 170. The van der Waals surface area contributed by atoms with E-state index < -0.39 is 0 Å². The van der Waals surface area contributed by atoms with E-state index in [1.54, 1.807) is 0 Å². The number of hydrogen-bond acceptors (Lipinski definition) is 2. The second-order valence-corrected chi connectivity index (χ2v) is 3.91. The number of hydrogen-bond donors (Lipinski definition) is 1. The fraction of sp³-hybridized carbons (Fsp3) is 0.900. The third-order valence-corrected chi connectivity index (χ3v) is 2.58. The quantitative estimate of drug-likeness (QED) is 0.710. The van der Waals surface area contributed by atoms with Crippen molar-refractivity contribution in [2.24, 2.45) is 5.92 Å². The molecule has 0 aliphatic carbocycles. The topological polar surface area (TPSA) is 40.5 Å². The number of aliphatic hydroxyl groups is 1. The number of likely N-dealkylation sites (tertiary alicyclic amines) is 1. The Morgan fingerprint density at radius 1 is 1.54 bits per heavy atom. The van der Waals surface area contributed by atoms with Gasteiger partial charge < -0.3 is 10.0 Å². The molecule has 0 radical (unpaired) electrons. The Kier molecular flexibility index (Phi) is 4.22. The monoisotopic (exact) mass is 185 g/mol. The summed E-state index contributed by atoms with van der Waals surface area (Å²) < 4.78 is 0. The van der Waals surface area contributed by atoms with Gasteiger partial charge >= 0.3 is 0 Å². The van der Waals surface area contributed by atoms with Crippen LogP contribution in [-0.4, -0.2) is 35.6 Å². The van der Waals surface area contributed by atoms with Crippen LogP contribution in [0.4, 0.5) is 0 Å². The zero-order chi connectivity index (χ0) is 9.68. The van der Waals surface area contributed by atoms with Gasteiger partial charge in [0.15, 0.2) is 0 Å². The van der Waals surface area contributed by atoms with E-state index in [1.807, 2.05) is 4.90 Å². The van der Waals surface area contributed by atoms with Crippen LogP contribution >= 0.6 is 0 Å². The summed E-state index contributed by atoms with van der Waals surface area (Å²) in [5, 5.41) is 8.73. The lowest BCUT2D eigenvalue weighted by Crippen LogP contribution is -2.38. The highest BCUT2D eigenvalue weighted by Gasteiger charge is 2.19. The van der Waals surface area contributed by atoms with Crippen molar-refractivity contribution < 1.29 is 9.90 Å². The first-order valence-corrected chi connectivity index (χ1v) is 5.12. The average Bonchev–Trinajstić information content (AvgIpc) is 2.09. The number of rotatable bonds is 4. The van der Waals surface area contributed by atoms with Crippen molar-refractivity contribution >= 4 is 5.91 Å². The molecule has 1 atom stereocenters. The normalized spacial score (nSPS) is 20.5. The summed E-state index contributed by atoms with van der Waals surface area (Å²) in [6.07, 6.45) is 3.69. The van der Waals surface area contributed by atoms with Crippen molar-refractivity contribution in [2.75, 3.05) is 19.7 Å². The van der Waals surface area contributed by atoms with Gasteiger partial charge in [-0.05, 0) is 25.2 Å². The first-order chi connectivity index (χ1) is 6.24. The number of carbonyl (C=O) groups excluding carboxylic acids is 1. The van der Waals surface area contributed by atoms with Gasteiger partial charge in [-0.15, -0.1) is 0 Å². The summed E-state index contributed by atoms with van der Waals surface area (Å²) in [5.74, 6) is 0.711. The molecule has 1 unspecified atom stereocenters. The average molecular weight is 185 g/mol. The standard InChI is InChI=1S/C10H19NO2/c1-9(5-7-12)8-11-6-3-2-4-10(11)13/h9,12H,2-8H2,1H3.